The molecule has 1 atom stereocenters. The first-order chi connectivity index (χ1) is 8.61. The van der Waals surface area contributed by atoms with Gasteiger partial charge in [-0.15, -0.1) is 11.3 Å². The van der Waals surface area contributed by atoms with E-state index in [-0.39, 0.29) is 0 Å². The number of hydrogen-bond acceptors (Lipinski definition) is 5. The monoisotopic (exact) mass is 264 g/mol. The van der Waals surface area contributed by atoms with Crippen molar-refractivity contribution < 1.29 is 0 Å². The van der Waals surface area contributed by atoms with E-state index in [1.807, 2.05) is 7.05 Å². The van der Waals surface area contributed by atoms with E-state index in [0.717, 1.165) is 23.7 Å². The van der Waals surface area contributed by atoms with Crippen molar-refractivity contribution in [1.29, 1.82) is 0 Å². The summed E-state index contributed by atoms with van der Waals surface area (Å²) in [6.45, 7) is 6.35. The molecule has 0 aliphatic rings. The molecule has 0 saturated carbocycles. The van der Waals surface area contributed by atoms with Crippen molar-refractivity contribution in [3.8, 4) is 0 Å². The average molecular weight is 264 g/mol. The van der Waals surface area contributed by atoms with E-state index in [0.29, 0.717) is 5.92 Å². The minimum atomic E-state index is 0.588. The summed E-state index contributed by atoms with van der Waals surface area (Å²) in [6, 6.07) is 2.18. The maximum Gasteiger partial charge on any atom is 0.140 e. The molecule has 0 aliphatic carbocycles. The molecule has 98 valence electrons. The van der Waals surface area contributed by atoms with E-state index in [4.69, 9.17) is 0 Å². The van der Waals surface area contributed by atoms with Crippen molar-refractivity contribution in [2.45, 2.75) is 13.8 Å². The molecule has 18 heavy (non-hydrogen) atoms. The van der Waals surface area contributed by atoms with Crippen molar-refractivity contribution in [1.82, 2.24) is 15.3 Å². The van der Waals surface area contributed by atoms with Gasteiger partial charge in [-0.2, -0.15) is 0 Å². The second-order valence-corrected chi connectivity index (χ2v) is 6.05. The second kappa shape index (κ2) is 5.63. The van der Waals surface area contributed by atoms with Crippen molar-refractivity contribution >= 4 is 27.4 Å². The van der Waals surface area contributed by atoms with E-state index < -0.39 is 0 Å². The SMILES string of the molecule is CNCC(C)CN(C)c1ncnc2sc(C)cc12. The molecule has 2 aromatic rings. The van der Waals surface area contributed by atoms with Crippen LogP contribution in [0.15, 0.2) is 12.4 Å². The highest BCUT2D eigenvalue weighted by molar-refractivity contribution is 7.18. The molecule has 0 bridgehead atoms. The standard InChI is InChI=1S/C13H20N4S/c1-9(6-14-3)7-17(4)12-11-5-10(2)18-13(11)16-8-15-12/h5,8-9,14H,6-7H2,1-4H3. The summed E-state index contributed by atoms with van der Waals surface area (Å²) in [4.78, 5) is 13.3. The Balaban J connectivity index is 2.24. The van der Waals surface area contributed by atoms with Crippen molar-refractivity contribution in [3.63, 3.8) is 0 Å². The molecule has 4 nitrogen and oxygen atoms in total. The zero-order valence-corrected chi connectivity index (χ0v) is 12.2. The largest absolute Gasteiger partial charge is 0.359 e. The molecule has 2 rings (SSSR count). The van der Waals surface area contributed by atoms with Gasteiger partial charge in [-0.25, -0.2) is 9.97 Å². The maximum atomic E-state index is 4.43. The highest BCUT2D eigenvalue weighted by Gasteiger charge is 2.13. The predicted molar refractivity (Wildman–Crippen MR) is 78.5 cm³/mol. The van der Waals surface area contributed by atoms with Crippen LogP contribution in [-0.4, -0.2) is 37.2 Å². The molecule has 0 radical (unpaired) electrons. The van der Waals surface area contributed by atoms with Crippen LogP contribution in [0.5, 0.6) is 0 Å². The summed E-state index contributed by atoms with van der Waals surface area (Å²) in [7, 11) is 4.09. The van der Waals surface area contributed by atoms with Gasteiger partial charge in [0.25, 0.3) is 0 Å². The van der Waals surface area contributed by atoms with E-state index in [1.54, 1.807) is 17.7 Å². The van der Waals surface area contributed by atoms with Crippen LogP contribution in [0.2, 0.25) is 0 Å². The molecular formula is C13H20N4S. The van der Waals surface area contributed by atoms with Crippen LogP contribution < -0.4 is 10.2 Å². The Labute approximate surface area is 112 Å². The fraction of sp³-hybridized carbons (Fsp3) is 0.538. The quantitative estimate of drug-likeness (QED) is 0.899. The molecule has 2 heterocycles. The summed E-state index contributed by atoms with van der Waals surface area (Å²) < 4.78 is 0. The molecule has 0 saturated heterocycles. The van der Waals surface area contributed by atoms with Gasteiger partial charge in [-0.05, 0) is 32.5 Å². The fourth-order valence-electron chi connectivity index (χ4n) is 2.23. The highest BCUT2D eigenvalue weighted by Crippen LogP contribution is 2.29. The lowest BCUT2D eigenvalue weighted by molar-refractivity contribution is 0.541. The molecule has 1 N–H and O–H groups in total. The molecule has 0 spiro atoms. The van der Waals surface area contributed by atoms with Gasteiger partial charge in [-0.3, -0.25) is 0 Å². The Morgan fingerprint density at radius 1 is 1.44 bits per heavy atom. The topological polar surface area (TPSA) is 41.0 Å². The maximum absolute atomic E-state index is 4.43. The number of fused-ring (bicyclic) bond motifs is 1. The van der Waals surface area contributed by atoms with E-state index in [2.05, 4.69) is 47.1 Å². The number of nitrogens with one attached hydrogen (secondary N) is 1. The third-order valence-electron chi connectivity index (χ3n) is 2.93. The minimum absolute atomic E-state index is 0.588. The lowest BCUT2D eigenvalue weighted by atomic mass is 10.1. The summed E-state index contributed by atoms with van der Waals surface area (Å²) in [5.74, 6) is 1.62. The van der Waals surface area contributed by atoms with Crippen LogP contribution in [0.3, 0.4) is 0 Å². The summed E-state index contributed by atoms with van der Waals surface area (Å²) >= 11 is 1.72. The molecule has 1 unspecified atom stereocenters. The van der Waals surface area contributed by atoms with Crippen LogP contribution in [0.25, 0.3) is 10.2 Å². The summed E-state index contributed by atoms with van der Waals surface area (Å²) in [5, 5.41) is 4.37. The van der Waals surface area contributed by atoms with Crippen molar-refractivity contribution in [2.24, 2.45) is 5.92 Å². The van der Waals surface area contributed by atoms with Gasteiger partial charge in [-0.1, -0.05) is 6.92 Å². The van der Waals surface area contributed by atoms with Crippen molar-refractivity contribution in [3.05, 3.63) is 17.3 Å². The number of nitrogens with zero attached hydrogens (tertiary/aromatic N) is 3. The Morgan fingerprint density at radius 2 is 2.22 bits per heavy atom. The van der Waals surface area contributed by atoms with Gasteiger partial charge in [0.2, 0.25) is 0 Å². The van der Waals surface area contributed by atoms with Crippen LogP contribution in [0.1, 0.15) is 11.8 Å². The third-order valence-corrected chi connectivity index (χ3v) is 3.89. The predicted octanol–water partition coefficient (Wildman–Crippen LogP) is 2.29. The molecule has 2 aromatic heterocycles. The zero-order chi connectivity index (χ0) is 13.1. The third kappa shape index (κ3) is 2.79. The Bertz CT molecular complexity index is 523. The second-order valence-electron chi connectivity index (χ2n) is 4.82. The minimum Gasteiger partial charge on any atom is -0.359 e. The molecule has 5 heteroatoms. The highest BCUT2D eigenvalue weighted by atomic mass is 32.1. The van der Waals surface area contributed by atoms with Crippen LogP contribution >= 0.6 is 11.3 Å². The molecule has 0 fully saturated rings. The molecule has 0 aromatic carbocycles. The zero-order valence-electron chi connectivity index (χ0n) is 11.4. The Morgan fingerprint density at radius 3 is 2.94 bits per heavy atom. The number of aryl methyl sites for hydroxylation is 1. The van der Waals surface area contributed by atoms with Crippen LogP contribution in [-0.2, 0) is 0 Å². The average Bonchev–Trinajstić information content (AvgIpc) is 2.68. The Hall–Kier alpha value is -1.20. The number of rotatable bonds is 5. The van der Waals surface area contributed by atoms with Gasteiger partial charge in [0.1, 0.15) is 17.0 Å². The van der Waals surface area contributed by atoms with Gasteiger partial charge >= 0.3 is 0 Å². The number of hydrogen-bond donors (Lipinski definition) is 1. The molecular weight excluding hydrogens is 244 g/mol. The van der Waals surface area contributed by atoms with Crippen LogP contribution in [0.4, 0.5) is 5.82 Å². The lowest BCUT2D eigenvalue weighted by Gasteiger charge is -2.22. The normalized spacial score (nSPS) is 12.9. The first-order valence-corrected chi connectivity index (χ1v) is 7.00. The van der Waals surface area contributed by atoms with Gasteiger partial charge in [0, 0.05) is 18.5 Å². The number of aromatic nitrogens is 2. The first-order valence-electron chi connectivity index (χ1n) is 6.18. The summed E-state index contributed by atoms with van der Waals surface area (Å²) in [5.41, 5.74) is 0. The van der Waals surface area contributed by atoms with Crippen LogP contribution in [0, 0.1) is 12.8 Å². The van der Waals surface area contributed by atoms with E-state index in [9.17, 15) is 0 Å². The molecule has 0 aliphatic heterocycles. The van der Waals surface area contributed by atoms with Gasteiger partial charge in [0.05, 0.1) is 5.39 Å². The number of anilines is 1. The summed E-state index contributed by atoms with van der Waals surface area (Å²) in [6.07, 6.45) is 1.66. The number of thiophene rings is 1. The fourth-order valence-corrected chi connectivity index (χ4v) is 3.08. The van der Waals surface area contributed by atoms with Gasteiger partial charge in [0.15, 0.2) is 0 Å². The van der Waals surface area contributed by atoms with E-state index in [1.165, 1.54) is 10.3 Å². The van der Waals surface area contributed by atoms with E-state index >= 15 is 0 Å². The molecule has 0 amide bonds. The van der Waals surface area contributed by atoms with Crippen molar-refractivity contribution in [2.75, 3.05) is 32.1 Å². The smallest absolute Gasteiger partial charge is 0.140 e. The lowest BCUT2D eigenvalue weighted by Crippen LogP contribution is -2.30. The van der Waals surface area contributed by atoms with Gasteiger partial charge < -0.3 is 10.2 Å². The Kier molecular flexibility index (Phi) is 4.14. The first kappa shape index (κ1) is 13.2.